The van der Waals surface area contributed by atoms with Crippen LogP contribution in [0, 0.1) is 0 Å². The maximum Gasteiger partial charge on any atom is 0.472 e. The second-order valence-electron chi connectivity index (χ2n) is 15.0. The fourth-order valence-electron chi connectivity index (χ4n) is 5.40. The molecule has 3 atom stereocenters. The third kappa shape index (κ3) is 38.0. The zero-order valence-electron chi connectivity index (χ0n) is 34.5. The zero-order chi connectivity index (χ0) is 39.3. The molecule has 0 radical (unpaired) electrons. The molecular weight excluding hydrogens is 683 g/mol. The molecule has 3 unspecified atom stereocenters. The van der Waals surface area contributed by atoms with Crippen molar-refractivity contribution in [1.82, 2.24) is 5.32 Å². The average molecular weight is 764 g/mol. The number of aliphatic hydroxyl groups excluding tert-OH is 1. The van der Waals surface area contributed by atoms with Crippen LogP contribution in [0.25, 0.3) is 0 Å². The molecule has 0 aliphatic carbocycles. The van der Waals surface area contributed by atoms with Gasteiger partial charge < -0.3 is 19.8 Å². The molecule has 0 aromatic rings. The van der Waals surface area contributed by atoms with Gasteiger partial charge in [-0.15, -0.1) is 0 Å². The molecule has 9 heteroatoms. The molecule has 0 heterocycles. The summed E-state index contributed by atoms with van der Waals surface area (Å²) >= 11 is 0. The third-order valence-corrected chi connectivity index (χ3v) is 9.70. The van der Waals surface area contributed by atoms with E-state index in [-0.39, 0.29) is 19.1 Å². The van der Waals surface area contributed by atoms with Gasteiger partial charge in [0.05, 0.1) is 39.9 Å². The number of phosphoric ester groups is 1. The number of hydrogen-bond donors (Lipinski definition) is 3. The smallest absolute Gasteiger partial charge is 0.391 e. The molecule has 8 nitrogen and oxygen atoms in total. The second-order valence-corrected chi connectivity index (χ2v) is 16.4. The fraction of sp³-hybridized carbons (Fsp3) is 0.705. The number of nitrogens with one attached hydrogen (secondary N) is 1. The number of likely N-dealkylation sites (N-methyl/N-ethyl adjacent to an activating group) is 1. The number of allylic oxidation sites excluding steroid dienone is 12. The topological polar surface area (TPSA) is 105 Å². The molecule has 0 aliphatic heterocycles. The first kappa shape index (κ1) is 50.9. The summed E-state index contributed by atoms with van der Waals surface area (Å²) in [5.41, 5.74) is 0. The number of rotatable bonds is 36. The Morgan fingerprint density at radius 3 is 1.66 bits per heavy atom. The Kier molecular flexibility index (Phi) is 34.2. The lowest BCUT2D eigenvalue weighted by Gasteiger charge is -2.26. The van der Waals surface area contributed by atoms with Crippen LogP contribution in [0.3, 0.4) is 0 Å². The minimum absolute atomic E-state index is 0.0666. The predicted molar refractivity (Wildman–Crippen MR) is 226 cm³/mol. The molecule has 53 heavy (non-hydrogen) atoms. The van der Waals surface area contributed by atoms with E-state index >= 15 is 0 Å². The minimum Gasteiger partial charge on any atom is -0.391 e. The van der Waals surface area contributed by atoms with Crippen LogP contribution in [-0.2, 0) is 18.4 Å². The van der Waals surface area contributed by atoms with Gasteiger partial charge in [0.15, 0.2) is 0 Å². The number of phosphoric acid groups is 1. The largest absolute Gasteiger partial charge is 0.472 e. The zero-order valence-corrected chi connectivity index (χ0v) is 35.4. The number of quaternary nitrogens is 1. The summed E-state index contributed by atoms with van der Waals surface area (Å²) in [6, 6.07) is -0.769. The number of nitrogens with zero attached hydrogens (tertiary/aromatic N) is 1. The van der Waals surface area contributed by atoms with Crippen molar-refractivity contribution in [3.05, 3.63) is 72.9 Å². The lowest BCUT2D eigenvalue weighted by atomic mass is 10.0. The fourth-order valence-corrected chi connectivity index (χ4v) is 6.14. The Hall–Kier alpha value is -2.06. The van der Waals surface area contributed by atoms with Crippen LogP contribution >= 0.6 is 7.82 Å². The first-order chi connectivity index (χ1) is 25.5. The number of aliphatic hydroxyl groups is 1. The number of amides is 1. The summed E-state index contributed by atoms with van der Waals surface area (Å²) in [6.45, 7) is 4.66. The molecule has 0 aromatic heterocycles. The Morgan fingerprint density at radius 1 is 0.660 bits per heavy atom. The van der Waals surface area contributed by atoms with Gasteiger partial charge in [-0.3, -0.25) is 13.8 Å². The first-order valence-electron chi connectivity index (χ1n) is 20.8. The van der Waals surface area contributed by atoms with E-state index in [0.717, 1.165) is 89.9 Å². The summed E-state index contributed by atoms with van der Waals surface area (Å²) in [5, 5.41) is 13.8. The van der Waals surface area contributed by atoms with Gasteiger partial charge in [0.25, 0.3) is 0 Å². The Bertz CT molecular complexity index is 1090. The predicted octanol–water partition coefficient (Wildman–Crippen LogP) is 11.2. The summed E-state index contributed by atoms with van der Waals surface area (Å²) in [6.07, 6.45) is 46.7. The van der Waals surface area contributed by atoms with Crippen molar-refractivity contribution in [2.75, 3.05) is 40.9 Å². The lowest BCUT2D eigenvalue weighted by Crippen LogP contribution is -2.46. The van der Waals surface area contributed by atoms with Crippen LogP contribution in [-0.4, -0.2) is 73.4 Å². The van der Waals surface area contributed by atoms with Crippen LogP contribution in [0.2, 0.25) is 0 Å². The van der Waals surface area contributed by atoms with Crippen molar-refractivity contribution < 1.29 is 32.9 Å². The molecule has 3 N–H and O–H groups in total. The lowest BCUT2D eigenvalue weighted by molar-refractivity contribution is -0.870. The third-order valence-electron chi connectivity index (χ3n) is 8.72. The highest BCUT2D eigenvalue weighted by Gasteiger charge is 2.28. The molecule has 0 rings (SSSR count). The van der Waals surface area contributed by atoms with Crippen LogP contribution in [0.15, 0.2) is 72.9 Å². The monoisotopic (exact) mass is 764 g/mol. The number of hydrogen-bond acceptors (Lipinski definition) is 5. The van der Waals surface area contributed by atoms with Crippen LogP contribution in [0.4, 0.5) is 0 Å². The van der Waals surface area contributed by atoms with Gasteiger partial charge in [-0.25, -0.2) is 4.57 Å². The Morgan fingerprint density at radius 2 is 1.13 bits per heavy atom. The molecule has 0 bridgehead atoms. The van der Waals surface area contributed by atoms with Gasteiger partial charge in [-0.2, -0.15) is 0 Å². The molecule has 1 amide bonds. The standard InChI is InChI=1S/C44H79N2O6P/c1-6-8-10-12-14-15-16-17-18-19-20-21-22-23-24-25-26-27-28-29-30-31-32-34-36-38-44(48)45-42(43(47)37-35-33-13-11-9-7-2)41-52-53(49,50)51-40-39-46(3,4)5/h8,10,14-15,17-18,20-21,23-24,26-27,42-43,47H,6-7,9,11-13,16,19,22,25,28-41H2,1-5H3,(H-,45,48,49,50)/p+1/b10-8-,15-14-,18-17-,21-20-,24-23-,27-26-. The minimum atomic E-state index is -4.31. The van der Waals surface area contributed by atoms with Gasteiger partial charge in [0, 0.05) is 6.42 Å². The van der Waals surface area contributed by atoms with E-state index in [4.69, 9.17) is 9.05 Å². The molecule has 0 spiro atoms. The molecular formula is C44H80N2O6P+. The molecule has 0 aliphatic rings. The van der Waals surface area contributed by atoms with Gasteiger partial charge in [-0.05, 0) is 64.2 Å². The molecule has 0 saturated carbocycles. The van der Waals surface area contributed by atoms with E-state index in [0.29, 0.717) is 23.9 Å². The molecule has 0 aromatic carbocycles. The second kappa shape index (κ2) is 35.6. The highest BCUT2D eigenvalue weighted by molar-refractivity contribution is 7.47. The Balaban J connectivity index is 4.20. The normalized spacial score (nSPS) is 15.2. The summed E-state index contributed by atoms with van der Waals surface area (Å²) in [7, 11) is 1.58. The van der Waals surface area contributed by atoms with Crippen LogP contribution in [0.5, 0.6) is 0 Å². The summed E-state index contributed by atoms with van der Waals surface area (Å²) in [5.74, 6) is -0.169. The SMILES string of the molecule is CC/C=C\C/C=C\C/C=C\C/C=C\C/C=C\C/C=C\CCCCCCCCC(=O)NC(COP(=O)(O)OCC[N+](C)(C)C)C(O)CCCCCCCC. The first-order valence-corrected chi connectivity index (χ1v) is 22.3. The quantitative estimate of drug-likeness (QED) is 0.0254. The van der Waals surface area contributed by atoms with Gasteiger partial charge >= 0.3 is 7.82 Å². The summed E-state index contributed by atoms with van der Waals surface area (Å²) < 4.78 is 23.4. The van der Waals surface area contributed by atoms with Gasteiger partial charge in [-0.1, -0.05) is 151 Å². The maximum absolute atomic E-state index is 12.8. The van der Waals surface area contributed by atoms with E-state index in [1.54, 1.807) is 0 Å². The van der Waals surface area contributed by atoms with E-state index in [1.807, 2.05) is 21.1 Å². The van der Waals surface area contributed by atoms with E-state index in [2.05, 4.69) is 92.1 Å². The maximum atomic E-state index is 12.8. The average Bonchev–Trinajstić information content (AvgIpc) is 3.10. The molecule has 0 saturated heterocycles. The van der Waals surface area contributed by atoms with Crippen LogP contribution in [0.1, 0.15) is 149 Å². The number of carbonyl (C=O) groups is 1. The van der Waals surface area contributed by atoms with Crippen molar-refractivity contribution in [3.63, 3.8) is 0 Å². The highest BCUT2D eigenvalue weighted by Crippen LogP contribution is 2.43. The van der Waals surface area contributed by atoms with E-state index < -0.39 is 20.0 Å². The Labute approximate surface area is 325 Å². The van der Waals surface area contributed by atoms with E-state index in [1.165, 1.54) is 32.1 Å². The molecule has 0 fully saturated rings. The van der Waals surface area contributed by atoms with Crippen molar-refractivity contribution in [2.24, 2.45) is 0 Å². The highest BCUT2D eigenvalue weighted by atomic mass is 31.2. The van der Waals surface area contributed by atoms with Crippen molar-refractivity contribution in [2.45, 2.75) is 161 Å². The van der Waals surface area contributed by atoms with Crippen molar-refractivity contribution in [1.29, 1.82) is 0 Å². The van der Waals surface area contributed by atoms with Crippen molar-refractivity contribution >= 4 is 13.7 Å². The number of carbonyl (C=O) groups excluding carboxylic acids is 1. The summed E-state index contributed by atoms with van der Waals surface area (Å²) in [4.78, 5) is 23.0. The van der Waals surface area contributed by atoms with Gasteiger partial charge in [0.1, 0.15) is 13.2 Å². The van der Waals surface area contributed by atoms with Crippen LogP contribution < -0.4 is 5.32 Å². The molecule has 306 valence electrons. The van der Waals surface area contributed by atoms with E-state index in [9.17, 15) is 19.4 Å². The number of unbranched alkanes of at least 4 members (excludes halogenated alkanes) is 11. The van der Waals surface area contributed by atoms with Crippen molar-refractivity contribution in [3.8, 4) is 0 Å². The van der Waals surface area contributed by atoms with Gasteiger partial charge in [0.2, 0.25) is 5.91 Å².